The lowest BCUT2D eigenvalue weighted by molar-refractivity contribution is 0.0956. The molecule has 0 unspecified atom stereocenters. The topological polar surface area (TPSA) is 90.5 Å². The van der Waals surface area contributed by atoms with Crippen molar-refractivity contribution in [2.75, 3.05) is 25.0 Å². The van der Waals surface area contributed by atoms with Crippen molar-refractivity contribution in [1.82, 2.24) is 10.6 Å². The van der Waals surface area contributed by atoms with E-state index in [-0.39, 0.29) is 24.5 Å². The molecule has 0 bridgehead atoms. The third kappa shape index (κ3) is 5.86. The van der Waals surface area contributed by atoms with Gasteiger partial charge in [-0.3, -0.25) is 4.79 Å². The first kappa shape index (κ1) is 19.9. The van der Waals surface area contributed by atoms with Crippen LogP contribution in [0.15, 0.2) is 35.0 Å². The Morgan fingerprint density at radius 3 is 2.69 bits per heavy atom. The average molecular weight is 375 g/mol. The van der Waals surface area contributed by atoms with Gasteiger partial charge in [0.1, 0.15) is 0 Å². The van der Waals surface area contributed by atoms with Crippen LogP contribution < -0.4 is 16.0 Å². The van der Waals surface area contributed by atoms with E-state index < -0.39 is 0 Å². The van der Waals surface area contributed by atoms with E-state index in [9.17, 15) is 14.7 Å². The minimum atomic E-state index is -0.357. The van der Waals surface area contributed by atoms with Crippen LogP contribution in [0, 0.1) is 12.8 Å². The lowest BCUT2D eigenvalue weighted by Crippen LogP contribution is -2.35. The lowest BCUT2D eigenvalue weighted by Gasteiger charge is -2.16. The maximum Gasteiger partial charge on any atom is 0.319 e. The second-order valence-electron chi connectivity index (χ2n) is 6.11. The Morgan fingerprint density at radius 1 is 1.23 bits per heavy atom. The van der Waals surface area contributed by atoms with Gasteiger partial charge in [0.25, 0.3) is 5.91 Å². The normalized spacial score (nSPS) is 11.7. The highest BCUT2D eigenvalue weighted by molar-refractivity contribution is 7.07. The first-order valence-electron chi connectivity index (χ1n) is 8.59. The van der Waals surface area contributed by atoms with E-state index in [2.05, 4.69) is 16.0 Å². The first-order valence-corrected chi connectivity index (χ1v) is 9.53. The second-order valence-corrected chi connectivity index (χ2v) is 6.89. The van der Waals surface area contributed by atoms with Gasteiger partial charge in [0.15, 0.2) is 0 Å². The van der Waals surface area contributed by atoms with E-state index >= 15 is 0 Å². The van der Waals surface area contributed by atoms with E-state index in [0.717, 1.165) is 11.1 Å². The number of carbonyl (C=O) groups excluding carboxylic acids is 2. The van der Waals surface area contributed by atoms with Gasteiger partial charge in [0.2, 0.25) is 0 Å². The van der Waals surface area contributed by atoms with Gasteiger partial charge in [-0.15, -0.1) is 0 Å². The molecule has 2 aromatic rings. The highest BCUT2D eigenvalue weighted by atomic mass is 32.1. The van der Waals surface area contributed by atoms with Gasteiger partial charge in [-0.05, 0) is 60.4 Å². The molecular formula is C19H25N3O3S. The number of carbonyl (C=O) groups is 2. The summed E-state index contributed by atoms with van der Waals surface area (Å²) in [5.74, 6) is -0.217. The van der Waals surface area contributed by atoms with Crippen molar-refractivity contribution in [1.29, 1.82) is 0 Å². The van der Waals surface area contributed by atoms with E-state index in [1.165, 1.54) is 0 Å². The fraction of sp³-hybridized carbons (Fsp3) is 0.368. The Kier molecular flexibility index (Phi) is 7.62. The quantitative estimate of drug-likeness (QED) is 0.572. The number of thiophene rings is 1. The molecule has 0 spiro atoms. The van der Waals surface area contributed by atoms with E-state index in [1.54, 1.807) is 29.5 Å². The minimum absolute atomic E-state index is 0.00181. The van der Waals surface area contributed by atoms with Gasteiger partial charge in [-0.2, -0.15) is 11.3 Å². The van der Waals surface area contributed by atoms with Crippen LogP contribution in [0.3, 0.4) is 0 Å². The van der Waals surface area contributed by atoms with Gasteiger partial charge >= 0.3 is 6.03 Å². The number of nitrogens with one attached hydrogen (secondary N) is 3. The van der Waals surface area contributed by atoms with E-state index in [4.69, 9.17) is 0 Å². The number of aryl methyl sites for hydroxylation is 1. The molecule has 4 N–H and O–H groups in total. The first-order chi connectivity index (χ1) is 12.5. The van der Waals surface area contributed by atoms with Crippen molar-refractivity contribution in [3.63, 3.8) is 0 Å². The third-order valence-corrected chi connectivity index (χ3v) is 4.73. The van der Waals surface area contributed by atoms with E-state index in [1.807, 2.05) is 30.7 Å². The van der Waals surface area contributed by atoms with Gasteiger partial charge in [-0.25, -0.2) is 4.79 Å². The fourth-order valence-electron chi connectivity index (χ4n) is 2.51. The molecule has 1 aromatic carbocycles. The summed E-state index contributed by atoms with van der Waals surface area (Å²) >= 11 is 1.61. The second kappa shape index (κ2) is 9.94. The van der Waals surface area contributed by atoms with Gasteiger partial charge < -0.3 is 21.1 Å². The maximum absolute atomic E-state index is 12.2. The molecule has 2 rings (SSSR count). The Labute approximate surface area is 157 Å². The molecule has 0 radical (unpaired) electrons. The number of hydrogen-bond donors (Lipinski definition) is 4. The summed E-state index contributed by atoms with van der Waals surface area (Å²) < 4.78 is 0. The maximum atomic E-state index is 12.2. The molecule has 1 aromatic heterocycles. The van der Waals surface area contributed by atoms with Crippen molar-refractivity contribution in [3.05, 3.63) is 51.7 Å². The number of hydrogen-bond acceptors (Lipinski definition) is 4. The van der Waals surface area contributed by atoms with Crippen LogP contribution in [0.25, 0.3) is 0 Å². The molecule has 0 saturated carbocycles. The summed E-state index contributed by atoms with van der Waals surface area (Å²) in [6.07, 6.45) is 0.714. The van der Waals surface area contributed by atoms with Crippen molar-refractivity contribution in [2.45, 2.75) is 20.3 Å². The minimum Gasteiger partial charge on any atom is -0.396 e. The third-order valence-electron chi connectivity index (χ3n) is 4.00. The number of urea groups is 1. The van der Waals surface area contributed by atoms with Crippen LogP contribution in [0.4, 0.5) is 10.5 Å². The highest BCUT2D eigenvalue weighted by Gasteiger charge is 2.13. The molecule has 3 amide bonds. The Balaban J connectivity index is 1.92. The predicted octanol–water partition coefficient (Wildman–Crippen LogP) is 2.78. The van der Waals surface area contributed by atoms with Gasteiger partial charge in [0.05, 0.1) is 0 Å². The lowest BCUT2D eigenvalue weighted by atomic mass is 10.0. The zero-order valence-corrected chi connectivity index (χ0v) is 15.9. The molecule has 0 saturated heterocycles. The average Bonchev–Trinajstić information content (AvgIpc) is 3.13. The molecule has 140 valence electrons. The van der Waals surface area contributed by atoms with E-state index in [0.29, 0.717) is 30.8 Å². The van der Waals surface area contributed by atoms with Crippen LogP contribution in [-0.4, -0.2) is 36.7 Å². The van der Waals surface area contributed by atoms with Crippen molar-refractivity contribution < 1.29 is 14.7 Å². The largest absolute Gasteiger partial charge is 0.396 e. The zero-order chi connectivity index (χ0) is 18.9. The van der Waals surface area contributed by atoms with Crippen molar-refractivity contribution in [3.8, 4) is 0 Å². The number of benzene rings is 1. The molecule has 0 aliphatic rings. The van der Waals surface area contributed by atoms with Gasteiger partial charge in [0, 0.05) is 36.9 Å². The number of amides is 3. The number of anilines is 1. The van der Waals surface area contributed by atoms with Gasteiger partial charge in [-0.1, -0.05) is 6.07 Å². The predicted molar refractivity (Wildman–Crippen MR) is 105 cm³/mol. The molecule has 6 nitrogen and oxygen atoms in total. The Morgan fingerprint density at radius 2 is 2.04 bits per heavy atom. The monoisotopic (exact) mass is 375 g/mol. The standard InChI is InChI=1S/C19H25N3O3S/c1-3-20-18(24)16-5-4-13(2)17(9-16)22-19(25)21-10-15(11-23)8-14-6-7-26-12-14/h4-7,9,12,15,23H,3,8,10-11H2,1-2H3,(H,20,24)(H2,21,22,25)/t15-/m0/s1. The molecule has 26 heavy (non-hydrogen) atoms. The zero-order valence-electron chi connectivity index (χ0n) is 15.0. The van der Waals surface area contributed by atoms with Crippen LogP contribution in [0.5, 0.6) is 0 Å². The Hall–Kier alpha value is -2.38. The van der Waals surface area contributed by atoms with Crippen molar-refractivity contribution >= 4 is 29.0 Å². The molecule has 7 heteroatoms. The van der Waals surface area contributed by atoms with Crippen LogP contribution in [0.1, 0.15) is 28.4 Å². The Bertz CT molecular complexity index is 732. The summed E-state index contributed by atoms with van der Waals surface area (Å²) in [5, 5.41) is 21.8. The summed E-state index contributed by atoms with van der Waals surface area (Å²) in [5.41, 5.74) is 3.11. The summed E-state index contributed by atoms with van der Waals surface area (Å²) in [4.78, 5) is 24.1. The van der Waals surface area contributed by atoms with Crippen LogP contribution in [-0.2, 0) is 6.42 Å². The number of rotatable bonds is 8. The number of aliphatic hydroxyl groups excluding tert-OH is 1. The SMILES string of the molecule is CCNC(=O)c1ccc(C)c(NC(=O)NC[C@@H](CO)Cc2ccsc2)c1. The molecule has 0 aliphatic heterocycles. The smallest absolute Gasteiger partial charge is 0.319 e. The summed E-state index contributed by atoms with van der Waals surface area (Å²) in [7, 11) is 0. The molecule has 1 heterocycles. The van der Waals surface area contributed by atoms with Crippen LogP contribution in [0.2, 0.25) is 0 Å². The number of aliphatic hydroxyl groups is 1. The molecule has 0 fully saturated rings. The molecule has 0 aliphatic carbocycles. The van der Waals surface area contributed by atoms with Crippen LogP contribution >= 0.6 is 11.3 Å². The molecular weight excluding hydrogens is 350 g/mol. The fourth-order valence-corrected chi connectivity index (χ4v) is 3.19. The van der Waals surface area contributed by atoms with Crippen molar-refractivity contribution in [2.24, 2.45) is 5.92 Å². The summed E-state index contributed by atoms with van der Waals surface area (Å²) in [6, 6.07) is 6.85. The summed E-state index contributed by atoms with van der Waals surface area (Å²) in [6.45, 7) is 4.63. The highest BCUT2D eigenvalue weighted by Crippen LogP contribution is 2.17. The molecule has 1 atom stereocenters.